The van der Waals surface area contributed by atoms with Gasteiger partial charge in [0.25, 0.3) is 5.92 Å². The second-order valence-corrected chi connectivity index (χ2v) is 4.31. The zero-order chi connectivity index (χ0) is 11.1. The van der Waals surface area contributed by atoms with Crippen molar-refractivity contribution >= 4 is 0 Å². The Kier molecular flexibility index (Phi) is 2.51. The topological polar surface area (TPSA) is 26.0 Å². The Morgan fingerprint density at radius 3 is 2.60 bits per heavy atom. The van der Waals surface area contributed by atoms with Gasteiger partial charge in [0, 0.05) is 17.5 Å². The summed E-state index contributed by atoms with van der Waals surface area (Å²) in [6.07, 6.45) is 1.27. The van der Waals surface area contributed by atoms with E-state index in [-0.39, 0.29) is 11.6 Å². The van der Waals surface area contributed by atoms with E-state index in [1.165, 1.54) is 12.1 Å². The minimum Gasteiger partial charge on any atom is -0.324 e. The van der Waals surface area contributed by atoms with Gasteiger partial charge in [0.1, 0.15) is 0 Å². The van der Waals surface area contributed by atoms with Gasteiger partial charge in [-0.15, -0.1) is 0 Å². The molecule has 1 aliphatic rings. The van der Waals surface area contributed by atoms with Crippen molar-refractivity contribution in [1.29, 1.82) is 0 Å². The standard InChI is InChI=1S/C12H15F2N/c1-8(15)9-3-2-4-11(7-9)12(13,14)10-5-6-10/h2-4,7-8,10H,5-6,15H2,1H3. The summed E-state index contributed by atoms with van der Waals surface area (Å²) in [6.45, 7) is 1.80. The summed E-state index contributed by atoms with van der Waals surface area (Å²) >= 11 is 0. The molecule has 82 valence electrons. The van der Waals surface area contributed by atoms with Crippen LogP contribution in [0.1, 0.15) is 36.9 Å². The number of hydrogen-bond donors (Lipinski definition) is 1. The lowest BCUT2D eigenvalue weighted by molar-refractivity contribution is -0.0286. The van der Waals surface area contributed by atoms with Crippen LogP contribution in [0, 0.1) is 5.92 Å². The average Bonchev–Trinajstić information content (AvgIpc) is 3.01. The molecule has 0 aliphatic heterocycles. The highest BCUT2D eigenvalue weighted by Crippen LogP contribution is 2.49. The monoisotopic (exact) mass is 211 g/mol. The normalized spacial score (nSPS) is 18.9. The van der Waals surface area contributed by atoms with E-state index in [2.05, 4.69) is 0 Å². The van der Waals surface area contributed by atoms with Gasteiger partial charge >= 0.3 is 0 Å². The van der Waals surface area contributed by atoms with Crippen molar-refractivity contribution < 1.29 is 8.78 Å². The smallest absolute Gasteiger partial charge is 0.276 e. The highest BCUT2D eigenvalue weighted by Gasteiger charge is 2.47. The maximum Gasteiger partial charge on any atom is 0.276 e. The summed E-state index contributed by atoms with van der Waals surface area (Å²) in [6, 6.07) is 6.27. The Bertz CT molecular complexity index is 356. The summed E-state index contributed by atoms with van der Waals surface area (Å²) in [5, 5.41) is 0. The molecule has 2 N–H and O–H groups in total. The van der Waals surface area contributed by atoms with Gasteiger partial charge in [-0.2, -0.15) is 0 Å². The molecule has 1 unspecified atom stereocenters. The molecule has 1 fully saturated rings. The first kappa shape index (κ1) is 10.6. The number of hydrogen-bond acceptors (Lipinski definition) is 1. The van der Waals surface area contributed by atoms with Gasteiger partial charge in [-0.25, -0.2) is 8.78 Å². The maximum absolute atomic E-state index is 13.7. The van der Waals surface area contributed by atoms with Gasteiger partial charge in [0.2, 0.25) is 0 Å². The summed E-state index contributed by atoms with van der Waals surface area (Å²) < 4.78 is 27.5. The van der Waals surface area contributed by atoms with Crippen molar-refractivity contribution in [3.8, 4) is 0 Å². The number of alkyl halides is 2. The van der Waals surface area contributed by atoms with Crippen LogP contribution >= 0.6 is 0 Å². The quantitative estimate of drug-likeness (QED) is 0.816. The maximum atomic E-state index is 13.7. The van der Waals surface area contributed by atoms with Crippen LogP contribution in [0.4, 0.5) is 8.78 Å². The predicted molar refractivity (Wildman–Crippen MR) is 55.7 cm³/mol. The second-order valence-electron chi connectivity index (χ2n) is 4.31. The molecule has 1 aliphatic carbocycles. The Morgan fingerprint density at radius 1 is 1.40 bits per heavy atom. The first-order chi connectivity index (χ1) is 7.01. The van der Waals surface area contributed by atoms with Crippen LogP contribution in [-0.4, -0.2) is 0 Å². The van der Waals surface area contributed by atoms with Crippen LogP contribution in [0.15, 0.2) is 24.3 Å². The van der Waals surface area contributed by atoms with E-state index in [1.54, 1.807) is 19.1 Å². The van der Waals surface area contributed by atoms with E-state index in [4.69, 9.17) is 5.73 Å². The molecule has 1 atom stereocenters. The van der Waals surface area contributed by atoms with Crippen molar-refractivity contribution in [1.82, 2.24) is 0 Å². The lowest BCUT2D eigenvalue weighted by atomic mass is 9.99. The van der Waals surface area contributed by atoms with Gasteiger partial charge < -0.3 is 5.73 Å². The van der Waals surface area contributed by atoms with Gasteiger partial charge in [-0.05, 0) is 31.4 Å². The molecule has 0 spiro atoms. The van der Waals surface area contributed by atoms with E-state index in [1.807, 2.05) is 0 Å². The molecule has 0 saturated heterocycles. The number of benzene rings is 1. The van der Waals surface area contributed by atoms with Crippen LogP contribution < -0.4 is 5.73 Å². The third-order valence-electron chi connectivity index (χ3n) is 2.89. The first-order valence-electron chi connectivity index (χ1n) is 5.25. The molecular formula is C12H15F2N. The lowest BCUT2D eigenvalue weighted by Crippen LogP contribution is -2.17. The molecule has 2 rings (SSSR count). The van der Waals surface area contributed by atoms with E-state index in [0.717, 1.165) is 5.56 Å². The molecule has 0 heterocycles. The van der Waals surface area contributed by atoms with Crippen molar-refractivity contribution in [3.05, 3.63) is 35.4 Å². The second kappa shape index (κ2) is 3.56. The fourth-order valence-corrected chi connectivity index (χ4v) is 1.71. The van der Waals surface area contributed by atoms with Gasteiger partial charge in [-0.3, -0.25) is 0 Å². The van der Waals surface area contributed by atoms with Crippen LogP contribution in [0.5, 0.6) is 0 Å². The predicted octanol–water partition coefficient (Wildman–Crippen LogP) is 3.21. The largest absolute Gasteiger partial charge is 0.324 e. The zero-order valence-corrected chi connectivity index (χ0v) is 8.71. The SMILES string of the molecule is CC(N)c1cccc(C(F)(F)C2CC2)c1. The summed E-state index contributed by atoms with van der Waals surface area (Å²) in [5.41, 5.74) is 6.55. The third kappa shape index (κ3) is 2.02. The Morgan fingerprint density at radius 2 is 2.07 bits per heavy atom. The molecule has 1 aromatic rings. The van der Waals surface area contributed by atoms with E-state index in [0.29, 0.717) is 12.8 Å². The van der Waals surface area contributed by atoms with E-state index >= 15 is 0 Å². The van der Waals surface area contributed by atoms with Crippen molar-refractivity contribution in [3.63, 3.8) is 0 Å². The summed E-state index contributed by atoms with van der Waals surface area (Å²) in [4.78, 5) is 0. The molecule has 0 aromatic heterocycles. The molecule has 0 bridgehead atoms. The number of rotatable bonds is 3. The summed E-state index contributed by atoms with van der Waals surface area (Å²) in [7, 11) is 0. The van der Waals surface area contributed by atoms with E-state index in [9.17, 15) is 8.78 Å². The number of halogens is 2. The highest BCUT2D eigenvalue weighted by molar-refractivity contribution is 5.29. The van der Waals surface area contributed by atoms with Crippen LogP contribution in [0.2, 0.25) is 0 Å². The molecular weight excluding hydrogens is 196 g/mol. The first-order valence-corrected chi connectivity index (χ1v) is 5.25. The van der Waals surface area contributed by atoms with Crippen LogP contribution in [0.25, 0.3) is 0 Å². The minimum atomic E-state index is -2.68. The lowest BCUT2D eigenvalue weighted by Gasteiger charge is -2.17. The van der Waals surface area contributed by atoms with E-state index < -0.39 is 11.8 Å². The molecule has 0 radical (unpaired) electrons. The van der Waals surface area contributed by atoms with Gasteiger partial charge in [0.15, 0.2) is 0 Å². The summed E-state index contributed by atoms with van der Waals surface area (Å²) in [5.74, 6) is -3.13. The van der Waals surface area contributed by atoms with Crippen LogP contribution in [0.3, 0.4) is 0 Å². The van der Waals surface area contributed by atoms with Gasteiger partial charge in [0.05, 0.1) is 0 Å². The molecule has 1 nitrogen and oxygen atoms in total. The zero-order valence-electron chi connectivity index (χ0n) is 8.71. The Balaban J connectivity index is 2.31. The van der Waals surface area contributed by atoms with Crippen molar-refractivity contribution in [2.75, 3.05) is 0 Å². The highest BCUT2D eigenvalue weighted by atomic mass is 19.3. The average molecular weight is 211 g/mol. The molecule has 0 amide bonds. The minimum absolute atomic E-state index is 0.111. The Labute approximate surface area is 88.3 Å². The van der Waals surface area contributed by atoms with Gasteiger partial charge in [-0.1, -0.05) is 18.2 Å². The number of nitrogens with two attached hydrogens (primary N) is 1. The third-order valence-corrected chi connectivity index (χ3v) is 2.89. The van der Waals surface area contributed by atoms with Crippen molar-refractivity contribution in [2.45, 2.75) is 31.7 Å². The fraction of sp³-hybridized carbons (Fsp3) is 0.500. The molecule has 3 heteroatoms. The molecule has 15 heavy (non-hydrogen) atoms. The fourth-order valence-electron chi connectivity index (χ4n) is 1.71. The Hall–Kier alpha value is -0.960. The van der Waals surface area contributed by atoms with Crippen molar-refractivity contribution in [2.24, 2.45) is 11.7 Å². The molecule has 1 aromatic carbocycles. The van der Waals surface area contributed by atoms with Crippen LogP contribution in [-0.2, 0) is 5.92 Å². The molecule has 1 saturated carbocycles.